The highest BCUT2D eigenvalue weighted by Gasteiger charge is 2.31. The Morgan fingerprint density at radius 1 is 1.47 bits per heavy atom. The smallest absolute Gasteiger partial charge is 0.303 e. The topological polar surface area (TPSA) is 66.8 Å². The molecule has 0 atom stereocenters. The largest absolute Gasteiger partial charge is 0.481 e. The molecular formula is C10H17NO4. The summed E-state index contributed by atoms with van der Waals surface area (Å²) in [5.74, 6) is -0.533. The van der Waals surface area contributed by atoms with Crippen molar-refractivity contribution in [1.29, 1.82) is 0 Å². The van der Waals surface area contributed by atoms with E-state index in [1.54, 1.807) is 12.0 Å². The van der Waals surface area contributed by atoms with Gasteiger partial charge in [-0.15, -0.1) is 0 Å². The quantitative estimate of drug-likeness (QED) is 0.649. The summed E-state index contributed by atoms with van der Waals surface area (Å²) in [6, 6.07) is 0. The molecular weight excluding hydrogens is 198 g/mol. The van der Waals surface area contributed by atoms with E-state index in [4.69, 9.17) is 9.84 Å². The van der Waals surface area contributed by atoms with Crippen LogP contribution in [0.4, 0.5) is 0 Å². The maximum absolute atomic E-state index is 11.5. The molecule has 1 fully saturated rings. The number of ether oxygens (including phenoxy) is 1. The van der Waals surface area contributed by atoms with Gasteiger partial charge in [-0.3, -0.25) is 9.59 Å². The first-order valence-electron chi connectivity index (χ1n) is 5.12. The van der Waals surface area contributed by atoms with E-state index in [1.165, 1.54) is 0 Å². The van der Waals surface area contributed by atoms with Crippen molar-refractivity contribution < 1.29 is 19.4 Å². The average Bonchev–Trinajstić information content (AvgIpc) is 2.10. The van der Waals surface area contributed by atoms with E-state index in [9.17, 15) is 9.59 Å². The number of carboxylic acid groups (broad SMARTS) is 1. The molecule has 1 aliphatic heterocycles. The lowest BCUT2D eigenvalue weighted by Gasteiger charge is -2.38. The fourth-order valence-electron chi connectivity index (χ4n) is 1.68. The maximum atomic E-state index is 11.5. The number of hydrogen-bond acceptors (Lipinski definition) is 3. The lowest BCUT2D eigenvalue weighted by Crippen LogP contribution is -2.50. The first-order chi connectivity index (χ1) is 7.13. The number of carboxylic acids is 1. The van der Waals surface area contributed by atoms with Crippen LogP contribution in [0, 0.1) is 5.92 Å². The highest BCUT2D eigenvalue weighted by Crippen LogP contribution is 2.19. The summed E-state index contributed by atoms with van der Waals surface area (Å²) >= 11 is 0. The van der Waals surface area contributed by atoms with E-state index in [0.29, 0.717) is 26.1 Å². The molecule has 86 valence electrons. The Kier molecular flexibility index (Phi) is 4.55. The number of carbonyl (C=O) groups is 2. The highest BCUT2D eigenvalue weighted by molar-refractivity contribution is 5.77. The summed E-state index contributed by atoms with van der Waals surface area (Å²) < 4.78 is 4.85. The first-order valence-corrected chi connectivity index (χ1v) is 5.12. The highest BCUT2D eigenvalue weighted by atomic mass is 16.5. The van der Waals surface area contributed by atoms with Crippen LogP contribution in [0.1, 0.15) is 19.3 Å². The number of carbonyl (C=O) groups excluding carboxylic acids is 1. The molecule has 1 aliphatic rings. The molecule has 0 aromatic heterocycles. The van der Waals surface area contributed by atoms with Crippen molar-refractivity contribution in [2.24, 2.45) is 5.92 Å². The summed E-state index contributed by atoms with van der Waals surface area (Å²) in [4.78, 5) is 23.5. The van der Waals surface area contributed by atoms with E-state index in [1.807, 2.05) is 0 Å². The van der Waals surface area contributed by atoms with Gasteiger partial charge in [-0.25, -0.2) is 0 Å². The Hall–Kier alpha value is -1.10. The van der Waals surface area contributed by atoms with Crippen LogP contribution in [0.25, 0.3) is 0 Å². The second-order valence-corrected chi connectivity index (χ2v) is 3.86. The maximum Gasteiger partial charge on any atom is 0.303 e. The van der Waals surface area contributed by atoms with Gasteiger partial charge in [-0.1, -0.05) is 0 Å². The van der Waals surface area contributed by atoms with Crippen LogP contribution in [0.15, 0.2) is 0 Å². The fraction of sp³-hybridized carbons (Fsp3) is 0.800. The summed E-state index contributed by atoms with van der Waals surface area (Å²) in [6.45, 7) is 1.79. The van der Waals surface area contributed by atoms with Crippen molar-refractivity contribution >= 4 is 11.9 Å². The second kappa shape index (κ2) is 5.70. The van der Waals surface area contributed by atoms with Crippen LogP contribution >= 0.6 is 0 Å². The Bertz CT molecular complexity index is 236. The van der Waals surface area contributed by atoms with Gasteiger partial charge >= 0.3 is 5.97 Å². The number of rotatable bonds is 6. The summed E-state index contributed by atoms with van der Waals surface area (Å²) in [7, 11) is 1.61. The van der Waals surface area contributed by atoms with Crippen molar-refractivity contribution in [2.45, 2.75) is 19.3 Å². The molecule has 1 heterocycles. The van der Waals surface area contributed by atoms with Crippen molar-refractivity contribution in [3.8, 4) is 0 Å². The van der Waals surface area contributed by atoms with Gasteiger partial charge in [0.05, 0.1) is 6.42 Å². The molecule has 0 unspecified atom stereocenters. The van der Waals surface area contributed by atoms with Crippen LogP contribution in [0.3, 0.4) is 0 Å². The molecule has 1 saturated heterocycles. The van der Waals surface area contributed by atoms with Crippen LogP contribution in [0.2, 0.25) is 0 Å². The summed E-state index contributed by atoms with van der Waals surface area (Å²) in [5.41, 5.74) is 0. The summed E-state index contributed by atoms with van der Waals surface area (Å²) in [6.07, 6.45) is 1.39. The predicted octanol–water partition coefficient (Wildman–Crippen LogP) is 0.346. The average molecular weight is 215 g/mol. The Morgan fingerprint density at radius 3 is 2.67 bits per heavy atom. The third-order valence-electron chi connectivity index (χ3n) is 2.51. The third-order valence-corrected chi connectivity index (χ3v) is 2.51. The number of nitrogens with zero attached hydrogens (tertiary/aromatic N) is 1. The van der Waals surface area contributed by atoms with Gasteiger partial charge in [-0.05, 0) is 6.42 Å². The molecule has 5 nitrogen and oxygen atoms in total. The molecule has 15 heavy (non-hydrogen) atoms. The van der Waals surface area contributed by atoms with Crippen LogP contribution in [-0.2, 0) is 14.3 Å². The van der Waals surface area contributed by atoms with Crippen molar-refractivity contribution in [1.82, 2.24) is 4.90 Å². The zero-order chi connectivity index (χ0) is 11.3. The van der Waals surface area contributed by atoms with Gasteiger partial charge in [0.2, 0.25) is 5.91 Å². The molecule has 1 N–H and O–H groups in total. The van der Waals surface area contributed by atoms with E-state index in [0.717, 1.165) is 6.42 Å². The van der Waals surface area contributed by atoms with Gasteiger partial charge < -0.3 is 14.7 Å². The minimum absolute atomic E-state index is 0.105. The zero-order valence-electron chi connectivity index (χ0n) is 8.94. The Labute approximate surface area is 89.0 Å². The first kappa shape index (κ1) is 12.0. The molecule has 1 rings (SSSR count). The fourth-order valence-corrected chi connectivity index (χ4v) is 1.68. The lowest BCUT2D eigenvalue weighted by molar-refractivity contribution is -0.145. The van der Waals surface area contributed by atoms with Crippen LogP contribution < -0.4 is 0 Å². The molecule has 0 aromatic carbocycles. The van der Waals surface area contributed by atoms with Gasteiger partial charge in [0.25, 0.3) is 0 Å². The standard InChI is InChI=1S/C10H17NO4/c1-15-4-2-3-9(12)11-6-8(7-11)5-10(13)14/h8H,2-7H2,1H3,(H,13,14). The monoisotopic (exact) mass is 215 g/mol. The van der Waals surface area contributed by atoms with E-state index < -0.39 is 5.97 Å². The summed E-state index contributed by atoms with van der Waals surface area (Å²) in [5, 5.41) is 8.53. The number of aliphatic carboxylic acids is 1. The Balaban J connectivity index is 2.09. The van der Waals surface area contributed by atoms with Gasteiger partial charge in [0.1, 0.15) is 0 Å². The van der Waals surface area contributed by atoms with E-state index >= 15 is 0 Å². The molecule has 0 bridgehead atoms. The molecule has 0 aromatic rings. The molecule has 0 aliphatic carbocycles. The van der Waals surface area contributed by atoms with Crippen molar-refractivity contribution in [3.05, 3.63) is 0 Å². The van der Waals surface area contributed by atoms with E-state index in [2.05, 4.69) is 0 Å². The molecule has 0 spiro atoms. The molecule has 1 amide bonds. The third kappa shape index (κ3) is 3.87. The number of likely N-dealkylation sites (tertiary alicyclic amines) is 1. The predicted molar refractivity (Wildman–Crippen MR) is 53.4 cm³/mol. The Morgan fingerprint density at radius 2 is 2.13 bits per heavy atom. The molecule has 5 heteroatoms. The van der Waals surface area contributed by atoms with Crippen LogP contribution in [-0.4, -0.2) is 48.7 Å². The lowest BCUT2D eigenvalue weighted by atomic mass is 9.96. The molecule has 0 saturated carbocycles. The van der Waals surface area contributed by atoms with Gasteiger partial charge in [-0.2, -0.15) is 0 Å². The zero-order valence-corrected chi connectivity index (χ0v) is 8.94. The number of hydrogen-bond donors (Lipinski definition) is 1. The number of methoxy groups -OCH3 is 1. The molecule has 0 radical (unpaired) electrons. The van der Waals surface area contributed by atoms with Gasteiger partial charge in [0, 0.05) is 39.1 Å². The minimum Gasteiger partial charge on any atom is -0.481 e. The SMILES string of the molecule is COCCCC(=O)N1CC(CC(=O)O)C1. The normalized spacial score (nSPS) is 16.2. The number of amides is 1. The van der Waals surface area contributed by atoms with Crippen molar-refractivity contribution in [2.75, 3.05) is 26.8 Å². The van der Waals surface area contributed by atoms with Crippen molar-refractivity contribution in [3.63, 3.8) is 0 Å². The van der Waals surface area contributed by atoms with E-state index in [-0.39, 0.29) is 18.2 Å². The van der Waals surface area contributed by atoms with Gasteiger partial charge in [0.15, 0.2) is 0 Å². The van der Waals surface area contributed by atoms with Crippen LogP contribution in [0.5, 0.6) is 0 Å². The second-order valence-electron chi connectivity index (χ2n) is 3.86. The minimum atomic E-state index is -0.786.